The summed E-state index contributed by atoms with van der Waals surface area (Å²) in [6, 6.07) is 6.03. The van der Waals surface area contributed by atoms with Gasteiger partial charge in [-0.05, 0) is 23.8 Å². The van der Waals surface area contributed by atoms with Crippen LogP contribution in [-0.4, -0.2) is 11.7 Å². The Labute approximate surface area is 88.0 Å². The van der Waals surface area contributed by atoms with E-state index in [4.69, 9.17) is 16.3 Å². The minimum Gasteiger partial charge on any atom is -0.497 e. The number of aryl methyl sites for hydroxylation is 1. The Kier molecular flexibility index (Phi) is 2.38. The molecule has 1 aromatic carbocycles. The molecule has 2 nitrogen and oxygen atoms in total. The summed E-state index contributed by atoms with van der Waals surface area (Å²) in [7, 11) is 3.69. The zero-order chi connectivity index (χ0) is 10.1. The van der Waals surface area contributed by atoms with Crippen LogP contribution in [0.25, 0.3) is 10.9 Å². The second-order valence-corrected chi connectivity index (χ2v) is 3.55. The quantitative estimate of drug-likeness (QED) is 0.694. The number of rotatable bonds is 2. The van der Waals surface area contributed by atoms with E-state index in [0.717, 1.165) is 11.3 Å². The van der Waals surface area contributed by atoms with E-state index in [1.165, 1.54) is 10.9 Å². The first-order valence-electron chi connectivity index (χ1n) is 4.44. The number of aromatic nitrogens is 1. The number of alkyl halides is 1. The van der Waals surface area contributed by atoms with Crippen molar-refractivity contribution in [1.82, 2.24) is 4.57 Å². The van der Waals surface area contributed by atoms with Crippen LogP contribution in [0.1, 0.15) is 5.56 Å². The fraction of sp³-hybridized carbons (Fsp3) is 0.273. The van der Waals surface area contributed by atoms with E-state index in [1.807, 2.05) is 25.2 Å². The maximum Gasteiger partial charge on any atom is 0.119 e. The molecule has 0 spiro atoms. The van der Waals surface area contributed by atoms with Gasteiger partial charge in [-0.2, -0.15) is 0 Å². The Morgan fingerprint density at radius 3 is 2.86 bits per heavy atom. The first-order chi connectivity index (χ1) is 6.76. The molecule has 0 fully saturated rings. The SMILES string of the molecule is COc1ccc2c(c1)c(CCl)cn2C. The lowest BCUT2D eigenvalue weighted by atomic mass is 10.2. The Bertz CT molecular complexity index is 462. The third kappa shape index (κ3) is 1.36. The molecule has 3 heteroatoms. The number of hydrogen-bond acceptors (Lipinski definition) is 1. The summed E-state index contributed by atoms with van der Waals surface area (Å²) >= 11 is 5.86. The molecule has 0 saturated heterocycles. The molecule has 0 aliphatic rings. The predicted octanol–water partition coefficient (Wildman–Crippen LogP) is 2.93. The van der Waals surface area contributed by atoms with E-state index in [-0.39, 0.29) is 0 Å². The minimum atomic E-state index is 0.532. The van der Waals surface area contributed by atoms with Gasteiger partial charge in [0.05, 0.1) is 7.11 Å². The smallest absolute Gasteiger partial charge is 0.119 e. The van der Waals surface area contributed by atoms with Crippen molar-refractivity contribution in [3.05, 3.63) is 30.0 Å². The molecule has 0 aliphatic heterocycles. The van der Waals surface area contributed by atoms with Gasteiger partial charge in [0.1, 0.15) is 5.75 Å². The largest absolute Gasteiger partial charge is 0.497 e. The Balaban J connectivity index is 2.71. The van der Waals surface area contributed by atoms with Crippen molar-refractivity contribution < 1.29 is 4.74 Å². The molecule has 74 valence electrons. The number of ether oxygens (including phenoxy) is 1. The van der Waals surface area contributed by atoms with Gasteiger partial charge in [-0.15, -0.1) is 11.6 Å². The van der Waals surface area contributed by atoms with Gasteiger partial charge in [-0.3, -0.25) is 0 Å². The molecule has 0 atom stereocenters. The topological polar surface area (TPSA) is 14.2 Å². The Morgan fingerprint density at radius 2 is 2.21 bits per heavy atom. The molecular formula is C11H12ClNO. The van der Waals surface area contributed by atoms with Gasteiger partial charge < -0.3 is 9.30 Å². The molecular weight excluding hydrogens is 198 g/mol. The van der Waals surface area contributed by atoms with Gasteiger partial charge in [0, 0.05) is 30.0 Å². The first-order valence-corrected chi connectivity index (χ1v) is 4.97. The number of benzene rings is 1. The average Bonchev–Trinajstić information content (AvgIpc) is 2.55. The van der Waals surface area contributed by atoms with Gasteiger partial charge in [0.25, 0.3) is 0 Å². The number of fused-ring (bicyclic) bond motifs is 1. The van der Waals surface area contributed by atoms with Crippen LogP contribution >= 0.6 is 11.6 Å². The van der Waals surface area contributed by atoms with E-state index in [1.54, 1.807) is 7.11 Å². The second kappa shape index (κ2) is 3.54. The molecule has 14 heavy (non-hydrogen) atoms. The van der Waals surface area contributed by atoms with Crippen LogP contribution in [-0.2, 0) is 12.9 Å². The van der Waals surface area contributed by atoms with E-state index >= 15 is 0 Å². The monoisotopic (exact) mass is 209 g/mol. The van der Waals surface area contributed by atoms with E-state index in [2.05, 4.69) is 10.8 Å². The van der Waals surface area contributed by atoms with Crippen molar-refractivity contribution in [2.45, 2.75) is 5.88 Å². The zero-order valence-corrected chi connectivity index (χ0v) is 9.01. The van der Waals surface area contributed by atoms with Crippen LogP contribution in [0.4, 0.5) is 0 Å². The molecule has 2 aromatic rings. The molecule has 0 saturated carbocycles. The van der Waals surface area contributed by atoms with Gasteiger partial charge in [0.2, 0.25) is 0 Å². The molecule has 0 aliphatic carbocycles. The summed E-state index contributed by atoms with van der Waals surface area (Å²) in [6.07, 6.45) is 2.05. The van der Waals surface area contributed by atoms with Gasteiger partial charge in [0.15, 0.2) is 0 Å². The number of hydrogen-bond donors (Lipinski definition) is 0. The van der Waals surface area contributed by atoms with Crippen LogP contribution in [0, 0.1) is 0 Å². The van der Waals surface area contributed by atoms with E-state index < -0.39 is 0 Å². The number of halogens is 1. The third-order valence-corrected chi connectivity index (χ3v) is 2.71. The van der Waals surface area contributed by atoms with Crippen LogP contribution in [0.3, 0.4) is 0 Å². The normalized spacial score (nSPS) is 10.8. The molecule has 0 radical (unpaired) electrons. The van der Waals surface area contributed by atoms with Crippen LogP contribution in [0.2, 0.25) is 0 Å². The lowest BCUT2D eigenvalue weighted by Crippen LogP contribution is -1.84. The third-order valence-electron chi connectivity index (χ3n) is 2.42. The van der Waals surface area contributed by atoms with E-state index in [0.29, 0.717) is 5.88 Å². The zero-order valence-electron chi connectivity index (χ0n) is 8.25. The predicted molar refractivity (Wildman–Crippen MR) is 59.0 cm³/mol. The van der Waals surface area contributed by atoms with E-state index in [9.17, 15) is 0 Å². The summed E-state index contributed by atoms with van der Waals surface area (Å²) in [4.78, 5) is 0. The fourth-order valence-corrected chi connectivity index (χ4v) is 1.90. The van der Waals surface area contributed by atoms with Crippen molar-refractivity contribution in [3.63, 3.8) is 0 Å². The molecule has 0 N–H and O–H groups in total. The number of methoxy groups -OCH3 is 1. The summed E-state index contributed by atoms with van der Waals surface area (Å²) in [5.41, 5.74) is 2.32. The van der Waals surface area contributed by atoms with Crippen molar-refractivity contribution >= 4 is 22.5 Å². The van der Waals surface area contributed by atoms with Crippen molar-refractivity contribution in [2.75, 3.05) is 7.11 Å². The molecule has 2 rings (SSSR count). The maximum absolute atomic E-state index is 5.86. The average molecular weight is 210 g/mol. The summed E-state index contributed by atoms with van der Waals surface area (Å²) in [5.74, 6) is 1.40. The van der Waals surface area contributed by atoms with Crippen molar-refractivity contribution in [3.8, 4) is 5.75 Å². The molecule has 0 unspecified atom stereocenters. The first kappa shape index (κ1) is 9.41. The fourth-order valence-electron chi connectivity index (χ4n) is 1.69. The van der Waals surface area contributed by atoms with Crippen LogP contribution in [0.5, 0.6) is 5.75 Å². The highest BCUT2D eigenvalue weighted by atomic mass is 35.5. The number of nitrogens with zero attached hydrogens (tertiary/aromatic N) is 1. The minimum absolute atomic E-state index is 0.532. The Hall–Kier alpha value is -1.15. The second-order valence-electron chi connectivity index (χ2n) is 3.28. The summed E-state index contributed by atoms with van der Waals surface area (Å²) < 4.78 is 7.25. The van der Waals surface area contributed by atoms with Gasteiger partial charge >= 0.3 is 0 Å². The maximum atomic E-state index is 5.86. The van der Waals surface area contributed by atoms with Gasteiger partial charge in [-0.25, -0.2) is 0 Å². The standard InChI is InChI=1S/C11H12ClNO/c1-13-7-8(6-12)10-5-9(14-2)3-4-11(10)13/h3-5,7H,6H2,1-2H3. The van der Waals surface area contributed by atoms with Crippen LogP contribution in [0.15, 0.2) is 24.4 Å². The summed E-state index contributed by atoms with van der Waals surface area (Å²) in [6.45, 7) is 0. The highest BCUT2D eigenvalue weighted by molar-refractivity contribution is 6.18. The lowest BCUT2D eigenvalue weighted by molar-refractivity contribution is 0.415. The molecule has 1 heterocycles. The molecule has 1 aromatic heterocycles. The molecule has 0 bridgehead atoms. The highest BCUT2D eigenvalue weighted by Gasteiger charge is 2.06. The highest BCUT2D eigenvalue weighted by Crippen LogP contribution is 2.26. The van der Waals surface area contributed by atoms with Crippen molar-refractivity contribution in [2.24, 2.45) is 7.05 Å². The van der Waals surface area contributed by atoms with Crippen molar-refractivity contribution in [1.29, 1.82) is 0 Å². The molecule has 0 amide bonds. The van der Waals surface area contributed by atoms with Gasteiger partial charge in [-0.1, -0.05) is 0 Å². The Morgan fingerprint density at radius 1 is 1.43 bits per heavy atom. The summed E-state index contributed by atoms with van der Waals surface area (Å²) in [5, 5.41) is 1.17. The van der Waals surface area contributed by atoms with Crippen LogP contribution < -0.4 is 4.74 Å². The lowest BCUT2D eigenvalue weighted by Gasteiger charge is -2.00.